The standard InChI is InChI=1S/C24H27FN4O3/c1-24(19-7-9-20(25)10-8-19)22(31)29(23(32)26-24)17-21(30)28-15-13-27(14-16-28)12-11-18-5-3-2-4-6-18/h2-10H,11-17H2,1H3,(H,26,32)/t24-/m1/s1. The molecule has 0 aromatic heterocycles. The van der Waals surface area contributed by atoms with Crippen molar-refractivity contribution in [2.45, 2.75) is 18.9 Å². The van der Waals surface area contributed by atoms with Gasteiger partial charge in [0.05, 0.1) is 0 Å². The van der Waals surface area contributed by atoms with Crippen molar-refractivity contribution in [3.05, 3.63) is 71.5 Å². The lowest BCUT2D eigenvalue weighted by atomic mass is 9.92. The van der Waals surface area contributed by atoms with Crippen LogP contribution in [0.2, 0.25) is 0 Å². The molecule has 2 aliphatic rings. The number of nitrogens with zero attached hydrogens (tertiary/aromatic N) is 3. The predicted octanol–water partition coefficient (Wildman–Crippen LogP) is 1.98. The van der Waals surface area contributed by atoms with E-state index in [2.05, 4.69) is 22.3 Å². The van der Waals surface area contributed by atoms with Crippen molar-refractivity contribution < 1.29 is 18.8 Å². The second-order valence-electron chi connectivity index (χ2n) is 8.41. The van der Waals surface area contributed by atoms with Gasteiger partial charge in [-0.15, -0.1) is 0 Å². The lowest BCUT2D eigenvalue weighted by Gasteiger charge is -2.35. The van der Waals surface area contributed by atoms with Gasteiger partial charge in [0.2, 0.25) is 5.91 Å². The topological polar surface area (TPSA) is 73.0 Å². The molecule has 1 N–H and O–H groups in total. The third-order valence-corrected chi connectivity index (χ3v) is 6.27. The fourth-order valence-electron chi connectivity index (χ4n) is 4.21. The summed E-state index contributed by atoms with van der Waals surface area (Å²) >= 11 is 0. The third-order valence-electron chi connectivity index (χ3n) is 6.27. The molecule has 2 fully saturated rings. The van der Waals surface area contributed by atoms with Crippen LogP contribution in [0.3, 0.4) is 0 Å². The van der Waals surface area contributed by atoms with Crippen LogP contribution >= 0.6 is 0 Å². The molecular weight excluding hydrogens is 411 g/mol. The van der Waals surface area contributed by atoms with Crippen LogP contribution in [-0.2, 0) is 21.5 Å². The Balaban J connectivity index is 1.31. The normalized spacial score (nSPS) is 21.7. The van der Waals surface area contributed by atoms with E-state index in [9.17, 15) is 18.8 Å². The van der Waals surface area contributed by atoms with Gasteiger partial charge in [-0.1, -0.05) is 42.5 Å². The molecule has 168 valence electrons. The molecule has 8 heteroatoms. The molecule has 32 heavy (non-hydrogen) atoms. The molecular formula is C24H27FN4O3. The Kier molecular flexibility index (Phi) is 6.23. The van der Waals surface area contributed by atoms with Crippen LogP contribution in [0.4, 0.5) is 9.18 Å². The monoisotopic (exact) mass is 438 g/mol. The highest BCUT2D eigenvalue weighted by molar-refractivity contribution is 6.09. The van der Waals surface area contributed by atoms with Crippen molar-refractivity contribution in [2.24, 2.45) is 0 Å². The number of halogens is 1. The fourth-order valence-corrected chi connectivity index (χ4v) is 4.21. The average Bonchev–Trinajstić information content (AvgIpc) is 3.03. The first-order chi connectivity index (χ1) is 15.4. The molecule has 4 amide bonds. The van der Waals surface area contributed by atoms with E-state index in [0.717, 1.165) is 31.0 Å². The van der Waals surface area contributed by atoms with E-state index in [1.807, 2.05) is 18.2 Å². The van der Waals surface area contributed by atoms with Gasteiger partial charge in [0, 0.05) is 32.7 Å². The zero-order valence-corrected chi connectivity index (χ0v) is 18.1. The molecule has 7 nitrogen and oxygen atoms in total. The van der Waals surface area contributed by atoms with Gasteiger partial charge in [-0.05, 0) is 36.6 Å². The maximum Gasteiger partial charge on any atom is 0.325 e. The summed E-state index contributed by atoms with van der Waals surface area (Å²) < 4.78 is 13.3. The SMILES string of the molecule is C[C@]1(c2ccc(F)cc2)NC(=O)N(CC(=O)N2CCN(CCc3ccccc3)CC2)C1=O. The lowest BCUT2D eigenvalue weighted by molar-refractivity contribution is -0.139. The summed E-state index contributed by atoms with van der Waals surface area (Å²) in [5.41, 5.74) is 0.439. The maximum absolute atomic E-state index is 13.3. The Bertz CT molecular complexity index is 990. The summed E-state index contributed by atoms with van der Waals surface area (Å²) in [7, 11) is 0. The molecule has 0 bridgehead atoms. The fraction of sp³-hybridized carbons (Fsp3) is 0.375. The molecule has 2 saturated heterocycles. The van der Waals surface area contributed by atoms with Gasteiger partial charge in [-0.2, -0.15) is 0 Å². The maximum atomic E-state index is 13.3. The van der Waals surface area contributed by atoms with Crippen molar-refractivity contribution >= 4 is 17.8 Å². The highest BCUT2D eigenvalue weighted by Gasteiger charge is 2.49. The zero-order valence-electron chi connectivity index (χ0n) is 18.1. The predicted molar refractivity (Wildman–Crippen MR) is 117 cm³/mol. The number of rotatable bonds is 6. The Labute approximate surface area is 186 Å². The first kappa shape index (κ1) is 22.0. The summed E-state index contributed by atoms with van der Waals surface area (Å²) in [5, 5.41) is 2.65. The number of hydrogen-bond donors (Lipinski definition) is 1. The number of piperazine rings is 1. The van der Waals surface area contributed by atoms with Crippen molar-refractivity contribution in [1.82, 2.24) is 20.0 Å². The summed E-state index contributed by atoms with van der Waals surface area (Å²) in [6.45, 7) is 4.83. The molecule has 0 spiro atoms. The molecule has 0 aliphatic carbocycles. The largest absolute Gasteiger partial charge is 0.339 e. The highest BCUT2D eigenvalue weighted by Crippen LogP contribution is 2.29. The van der Waals surface area contributed by atoms with Crippen molar-refractivity contribution in [2.75, 3.05) is 39.3 Å². The van der Waals surface area contributed by atoms with Gasteiger partial charge in [0.15, 0.2) is 0 Å². The smallest absolute Gasteiger partial charge is 0.325 e. The molecule has 2 aromatic rings. The number of carbonyl (C=O) groups is 3. The van der Waals surface area contributed by atoms with Gasteiger partial charge >= 0.3 is 6.03 Å². The number of carbonyl (C=O) groups excluding carboxylic acids is 3. The van der Waals surface area contributed by atoms with Gasteiger partial charge in [-0.25, -0.2) is 9.18 Å². The van der Waals surface area contributed by atoms with E-state index in [1.54, 1.807) is 11.8 Å². The molecule has 4 rings (SSSR count). The number of imide groups is 1. The van der Waals surface area contributed by atoms with Crippen LogP contribution < -0.4 is 5.32 Å². The molecule has 0 unspecified atom stereocenters. The first-order valence-electron chi connectivity index (χ1n) is 10.8. The van der Waals surface area contributed by atoms with Crippen LogP contribution in [0, 0.1) is 5.82 Å². The third kappa shape index (κ3) is 4.50. The molecule has 1 atom stereocenters. The molecule has 0 saturated carbocycles. The van der Waals surface area contributed by atoms with E-state index < -0.39 is 23.3 Å². The minimum atomic E-state index is -1.32. The summed E-state index contributed by atoms with van der Waals surface area (Å²) in [6, 6.07) is 15.1. The summed E-state index contributed by atoms with van der Waals surface area (Å²) in [5.74, 6) is -1.19. The molecule has 0 radical (unpaired) electrons. The number of urea groups is 1. The molecule has 2 aromatic carbocycles. The highest BCUT2D eigenvalue weighted by atomic mass is 19.1. The van der Waals surface area contributed by atoms with E-state index in [0.29, 0.717) is 18.7 Å². The number of nitrogens with one attached hydrogen (secondary N) is 1. The van der Waals surface area contributed by atoms with Gasteiger partial charge in [0.25, 0.3) is 5.91 Å². The lowest BCUT2D eigenvalue weighted by Crippen LogP contribution is -2.52. The van der Waals surface area contributed by atoms with Crippen LogP contribution in [0.5, 0.6) is 0 Å². The van der Waals surface area contributed by atoms with Crippen LogP contribution in [0.1, 0.15) is 18.1 Å². The number of amides is 4. The van der Waals surface area contributed by atoms with Crippen LogP contribution in [0.25, 0.3) is 0 Å². The van der Waals surface area contributed by atoms with Crippen LogP contribution in [0.15, 0.2) is 54.6 Å². The van der Waals surface area contributed by atoms with Gasteiger partial charge < -0.3 is 10.2 Å². The first-order valence-corrected chi connectivity index (χ1v) is 10.8. The quantitative estimate of drug-likeness (QED) is 0.700. The Hall–Kier alpha value is -3.26. The van der Waals surface area contributed by atoms with Crippen molar-refractivity contribution in [3.8, 4) is 0 Å². The summed E-state index contributed by atoms with van der Waals surface area (Å²) in [4.78, 5) is 43.2. The Morgan fingerprint density at radius 2 is 1.66 bits per heavy atom. The Morgan fingerprint density at radius 1 is 1.00 bits per heavy atom. The van der Waals surface area contributed by atoms with Crippen LogP contribution in [-0.4, -0.2) is 71.8 Å². The molecule has 2 heterocycles. The van der Waals surface area contributed by atoms with E-state index in [-0.39, 0.29) is 12.5 Å². The zero-order chi connectivity index (χ0) is 22.7. The average molecular weight is 439 g/mol. The minimum absolute atomic E-state index is 0.250. The van der Waals surface area contributed by atoms with E-state index in [4.69, 9.17) is 0 Å². The van der Waals surface area contributed by atoms with Crippen molar-refractivity contribution in [3.63, 3.8) is 0 Å². The van der Waals surface area contributed by atoms with Gasteiger partial charge in [0.1, 0.15) is 17.9 Å². The number of benzene rings is 2. The second-order valence-corrected chi connectivity index (χ2v) is 8.41. The molecule has 2 aliphatic heterocycles. The Morgan fingerprint density at radius 3 is 2.31 bits per heavy atom. The van der Waals surface area contributed by atoms with E-state index in [1.165, 1.54) is 29.8 Å². The second kappa shape index (κ2) is 9.08. The number of hydrogen-bond acceptors (Lipinski definition) is 4. The van der Waals surface area contributed by atoms with E-state index >= 15 is 0 Å². The van der Waals surface area contributed by atoms with Gasteiger partial charge in [-0.3, -0.25) is 19.4 Å². The minimum Gasteiger partial charge on any atom is -0.339 e. The van der Waals surface area contributed by atoms with Crippen molar-refractivity contribution in [1.29, 1.82) is 0 Å². The summed E-state index contributed by atoms with van der Waals surface area (Å²) in [6.07, 6.45) is 0.958.